The van der Waals surface area contributed by atoms with Gasteiger partial charge in [0.05, 0.1) is 0 Å². The lowest BCUT2D eigenvalue weighted by molar-refractivity contribution is -0.139. The molecule has 0 bridgehead atoms. The zero-order valence-electron chi connectivity index (χ0n) is 8.58. The van der Waals surface area contributed by atoms with Crippen LogP contribution in [-0.2, 0) is 11.2 Å². The van der Waals surface area contributed by atoms with E-state index < -0.39 is 19.3 Å². The number of hydrogen-bond acceptors (Lipinski definition) is 4. The van der Waals surface area contributed by atoms with E-state index in [9.17, 15) is 4.79 Å². The van der Waals surface area contributed by atoms with Gasteiger partial charge in [0, 0.05) is 8.41 Å². The number of benzene rings is 1. The van der Waals surface area contributed by atoms with Crippen molar-refractivity contribution >= 4 is 21.6 Å². The van der Waals surface area contributed by atoms with Crippen LogP contribution in [0.4, 0.5) is 0 Å². The molecule has 4 N–H and O–H groups in total. The van der Waals surface area contributed by atoms with Crippen LogP contribution in [0.25, 0.3) is 0 Å². The molecule has 1 aromatic rings. The number of carboxylic acid groups (broad SMARTS) is 1. The van der Waals surface area contributed by atoms with Crippen molar-refractivity contribution in [3.05, 3.63) is 35.9 Å². The Hall–Kier alpha value is -1.30. The van der Waals surface area contributed by atoms with Crippen LogP contribution in [-0.4, -0.2) is 42.8 Å². The average Bonchev–Trinajstić information content (AvgIpc) is 2.17. The summed E-state index contributed by atoms with van der Waals surface area (Å²) in [6.45, 7) is 0. The van der Waals surface area contributed by atoms with Crippen LogP contribution in [0.5, 0.6) is 0 Å². The Kier molecular flexibility index (Phi) is 6.48. The third kappa shape index (κ3) is 4.97. The summed E-state index contributed by atoms with van der Waals surface area (Å²) in [5.41, 5.74) is 0.818. The third-order valence-electron chi connectivity index (χ3n) is 1.93. The second kappa shape index (κ2) is 7.05. The SMILES string of the molecule is O=C(O)C(Cc1ccccc1)NB(O)O.[B]. The number of carboxylic acids is 1. The van der Waals surface area contributed by atoms with Gasteiger partial charge in [-0.05, 0) is 12.0 Å². The molecule has 0 saturated carbocycles. The molecule has 83 valence electrons. The standard InChI is InChI=1S/C9H12BNO4.B/c12-9(13)8(11-10(14)15)6-7-4-2-1-3-5-7;/h1-5,8,11,14-15H,6H2,(H,12,13);. The van der Waals surface area contributed by atoms with Crippen LogP contribution >= 0.6 is 0 Å². The fraction of sp³-hybridized carbons (Fsp3) is 0.222. The number of carbonyl (C=O) groups is 1. The lowest BCUT2D eigenvalue weighted by Crippen LogP contribution is -2.47. The van der Waals surface area contributed by atoms with Crippen LogP contribution in [0.1, 0.15) is 5.56 Å². The van der Waals surface area contributed by atoms with Gasteiger partial charge in [0.1, 0.15) is 6.04 Å². The fourth-order valence-corrected chi connectivity index (χ4v) is 1.25. The quantitative estimate of drug-likeness (QED) is 0.471. The Bertz CT molecular complexity index is 321. The molecule has 0 saturated heterocycles. The highest BCUT2D eigenvalue weighted by Gasteiger charge is 2.22. The normalized spacial score (nSPS) is 11.4. The van der Waals surface area contributed by atoms with Gasteiger partial charge in [0.25, 0.3) is 0 Å². The van der Waals surface area contributed by atoms with Crippen molar-refractivity contribution in [2.24, 2.45) is 0 Å². The maximum Gasteiger partial charge on any atom is 0.549 e. The lowest BCUT2D eigenvalue weighted by Gasteiger charge is -2.13. The highest BCUT2D eigenvalue weighted by atomic mass is 16.4. The molecule has 0 aliphatic rings. The summed E-state index contributed by atoms with van der Waals surface area (Å²) in [5.74, 6) is -1.12. The van der Waals surface area contributed by atoms with E-state index in [4.69, 9.17) is 15.2 Å². The predicted octanol–water partition coefficient (Wildman–Crippen LogP) is -1.14. The van der Waals surface area contributed by atoms with Crippen LogP contribution in [0, 0.1) is 0 Å². The highest BCUT2D eigenvalue weighted by molar-refractivity contribution is 6.38. The van der Waals surface area contributed by atoms with E-state index in [1.54, 1.807) is 24.3 Å². The average molecular weight is 220 g/mol. The summed E-state index contributed by atoms with van der Waals surface area (Å²) < 4.78 is 0. The van der Waals surface area contributed by atoms with Gasteiger partial charge >= 0.3 is 13.2 Å². The van der Waals surface area contributed by atoms with E-state index in [1.807, 2.05) is 6.07 Å². The molecule has 7 heteroatoms. The van der Waals surface area contributed by atoms with Crippen molar-refractivity contribution in [3.8, 4) is 0 Å². The van der Waals surface area contributed by atoms with Gasteiger partial charge in [-0.3, -0.25) is 10.0 Å². The first-order valence-corrected chi connectivity index (χ1v) is 4.48. The Morgan fingerprint density at radius 2 is 1.88 bits per heavy atom. The van der Waals surface area contributed by atoms with Gasteiger partial charge < -0.3 is 15.2 Å². The van der Waals surface area contributed by atoms with Gasteiger partial charge in [0.2, 0.25) is 0 Å². The monoisotopic (exact) mass is 220 g/mol. The van der Waals surface area contributed by atoms with Crippen molar-refractivity contribution in [2.45, 2.75) is 12.5 Å². The number of nitrogens with one attached hydrogen (secondary N) is 1. The summed E-state index contributed by atoms with van der Waals surface area (Å²) in [4.78, 5) is 10.8. The molecular formula is C9H12B2NO4. The highest BCUT2D eigenvalue weighted by Crippen LogP contribution is 2.03. The molecule has 1 unspecified atom stereocenters. The van der Waals surface area contributed by atoms with Crippen molar-refractivity contribution in [1.82, 2.24) is 5.23 Å². The van der Waals surface area contributed by atoms with Crippen molar-refractivity contribution in [1.29, 1.82) is 0 Å². The van der Waals surface area contributed by atoms with E-state index in [1.165, 1.54) is 0 Å². The number of rotatable bonds is 5. The second-order valence-electron chi connectivity index (χ2n) is 3.12. The Balaban J connectivity index is 0.00000225. The molecular weight excluding hydrogens is 208 g/mol. The van der Waals surface area contributed by atoms with E-state index in [2.05, 4.69) is 5.23 Å². The van der Waals surface area contributed by atoms with Gasteiger partial charge in [0.15, 0.2) is 0 Å². The molecule has 0 fully saturated rings. The molecule has 0 aromatic heterocycles. The smallest absolute Gasteiger partial charge is 0.480 e. The van der Waals surface area contributed by atoms with Crippen LogP contribution in [0.15, 0.2) is 30.3 Å². The first-order valence-electron chi connectivity index (χ1n) is 4.48. The van der Waals surface area contributed by atoms with Crippen LogP contribution < -0.4 is 5.23 Å². The van der Waals surface area contributed by atoms with E-state index in [0.29, 0.717) is 0 Å². The van der Waals surface area contributed by atoms with E-state index in [0.717, 1.165) is 5.56 Å². The molecule has 3 radical (unpaired) electrons. The summed E-state index contributed by atoms with van der Waals surface area (Å²) in [6.07, 6.45) is 0.202. The fourth-order valence-electron chi connectivity index (χ4n) is 1.25. The van der Waals surface area contributed by atoms with Gasteiger partial charge in [-0.15, -0.1) is 0 Å². The molecule has 16 heavy (non-hydrogen) atoms. The zero-order chi connectivity index (χ0) is 11.3. The zero-order valence-corrected chi connectivity index (χ0v) is 8.58. The first-order chi connectivity index (χ1) is 7.09. The molecule has 1 atom stereocenters. The molecule has 0 aliphatic carbocycles. The summed E-state index contributed by atoms with van der Waals surface area (Å²) in [7, 11) is -1.82. The molecule has 1 rings (SSSR count). The molecule has 0 aliphatic heterocycles. The second-order valence-corrected chi connectivity index (χ2v) is 3.12. The summed E-state index contributed by atoms with van der Waals surface area (Å²) in [5, 5.41) is 28.2. The minimum Gasteiger partial charge on any atom is -0.480 e. The Morgan fingerprint density at radius 1 is 1.31 bits per heavy atom. The van der Waals surface area contributed by atoms with E-state index in [-0.39, 0.29) is 14.8 Å². The van der Waals surface area contributed by atoms with Gasteiger partial charge in [-0.1, -0.05) is 30.3 Å². The number of aliphatic carboxylic acids is 1. The van der Waals surface area contributed by atoms with Gasteiger partial charge in [-0.25, -0.2) is 0 Å². The predicted molar refractivity (Wildman–Crippen MR) is 60.7 cm³/mol. The largest absolute Gasteiger partial charge is 0.549 e. The van der Waals surface area contributed by atoms with E-state index >= 15 is 0 Å². The summed E-state index contributed by atoms with van der Waals surface area (Å²) >= 11 is 0. The lowest BCUT2D eigenvalue weighted by atomic mass is 10.0. The van der Waals surface area contributed by atoms with Crippen LogP contribution in [0.2, 0.25) is 0 Å². The third-order valence-corrected chi connectivity index (χ3v) is 1.93. The Labute approximate surface area is 95.9 Å². The minimum absolute atomic E-state index is 0. The number of hydrogen-bond donors (Lipinski definition) is 4. The first kappa shape index (κ1) is 14.7. The van der Waals surface area contributed by atoms with Crippen molar-refractivity contribution in [3.63, 3.8) is 0 Å². The van der Waals surface area contributed by atoms with Gasteiger partial charge in [-0.2, -0.15) is 0 Å². The minimum atomic E-state index is -1.82. The topological polar surface area (TPSA) is 89.8 Å². The molecule has 0 spiro atoms. The maximum absolute atomic E-state index is 10.8. The van der Waals surface area contributed by atoms with Crippen molar-refractivity contribution < 1.29 is 19.9 Å². The maximum atomic E-state index is 10.8. The molecule has 0 amide bonds. The van der Waals surface area contributed by atoms with Crippen LogP contribution in [0.3, 0.4) is 0 Å². The molecule has 5 nitrogen and oxygen atoms in total. The Morgan fingerprint density at radius 3 is 2.31 bits per heavy atom. The van der Waals surface area contributed by atoms with Crippen molar-refractivity contribution in [2.75, 3.05) is 0 Å². The molecule has 1 aromatic carbocycles. The summed E-state index contributed by atoms with van der Waals surface area (Å²) in [6, 6.07) is 7.97. The molecule has 0 heterocycles.